The van der Waals surface area contributed by atoms with Gasteiger partial charge in [0, 0.05) is 18.6 Å². The van der Waals surface area contributed by atoms with Crippen LogP contribution in [0.5, 0.6) is 5.75 Å². The first kappa shape index (κ1) is 15.3. The highest BCUT2D eigenvalue weighted by Crippen LogP contribution is 2.19. The Morgan fingerprint density at radius 2 is 2.25 bits per heavy atom. The molecule has 1 aromatic rings. The summed E-state index contributed by atoms with van der Waals surface area (Å²) in [6.07, 6.45) is 3.65. The zero-order valence-electron chi connectivity index (χ0n) is 13.1. The molecule has 3 heteroatoms. The smallest absolute Gasteiger partial charge is 0.119 e. The van der Waals surface area contributed by atoms with Crippen molar-refractivity contribution in [3.63, 3.8) is 0 Å². The molecule has 2 unspecified atom stereocenters. The minimum atomic E-state index is 0.679. The number of hydrogen-bond donors (Lipinski definition) is 1. The van der Waals surface area contributed by atoms with Gasteiger partial charge in [-0.05, 0) is 57.0 Å². The number of hydrogen-bond acceptors (Lipinski definition) is 3. The lowest BCUT2D eigenvalue weighted by molar-refractivity contribution is 0.138. The zero-order chi connectivity index (χ0) is 14.4. The predicted octanol–water partition coefficient (Wildman–Crippen LogP) is 2.70. The molecule has 0 aliphatic carbocycles. The second kappa shape index (κ2) is 7.65. The number of nitrogens with zero attached hydrogens (tertiary/aromatic N) is 1. The molecule has 3 nitrogen and oxygen atoms in total. The van der Waals surface area contributed by atoms with Gasteiger partial charge in [-0.3, -0.25) is 0 Å². The largest absolute Gasteiger partial charge is 0.497 e. The van der Waals surface area contributed by atoms with Crippen LogP contribution in [0.25, 0.3) is 0 Å². The molecule has 1 aliphatic rings. The van der Waals surface area contributed by atoms with Crippen LogP contribution in [0.3, 0.4) is 0 Å². The molecule has 0 saturated carbocycles. The Hall–Kier alpha value is -1.06. The van der Waals surface area contributed by atoms with Crippen LogP contribution in [0, 0.1) is 0 Å². The minimum absolute atomic E-state index is 0.679. The molecule has 1 aliphatic heterocycles. The fraction of sp³-hybridized carbons (Fsp3) is 0.647. The van der Waals surface area contributed by atoms with Crippen molar-refractivity contribution in [1.82, 2.24) is 10.2 Å². The van der Waals surface area contributed by atoms with Gasteiger partial charge in [-0.15, -0.1) is 0 Å². The number of ether oxygens (including phenoxy) is 1. The van der Waals surface area contributed by atoms with Crippen LogP contribution in [0.1, 0.15) is 32.3 Å². The Kier molecular flexibility index (Phi) is 5.86. The second-order valence-corrected chi connectivity index (χ2v) is 5.77. The van der Waals surface area contributed by atoms with Gasteiger partial charge in [0.05, 0.1) is 7.11 Å². The summed E-state index contributed by atoms with van der Waals surface area (Å²) in [5.74, 6) is 0.960. The van der Waals surface area contributed by atoms with Gasteiger partial charge in [0.2, 0.25) is 0 Å². The van der Waals surface area contributed by atoms with E-state index in [0.717, 1.165) is 25.3 Å². The third-order valence-corrected chi connectivity index (χ3v) is 4.33. The molecule has 0 spiro atoms. The molecule has 1 fully saturated rings. The van der Waals surface area contributed by atoms with Crippen molar-refractivity contribution in [2.75, 3.05) is 26.7 Å². The molecule has 1 N–H and O–H groups in total. The monoisotopic (exact) mass is 276 g/mol. The van der Waals surface area contributed by atoms with E-state index in [1.807, 2.05) is 6.07 Å². The van der Waals surface area contributed by atoms with E-state index in [1.165, 1.54) is 24.9 Å². The summed E-state index contributed by atoms with van der Waals surface area (Å²) >= 11 is 0. The highest BCUT2D eigenvalue weighted by molar-refractivity contribution is 5.28. The van der Waals surface area contributed by atoms with Gasteiger partial charge in [0.25, 0.3) is 0 Å². The summed E-state index contributed by atoms with van der Waals surface area (Å²) in [5, 5.41) is 3.58. The maximum absolute atomic E-state index is 5.29. The van der Waals surface area contributed by atoms with Gasteiger partial charge in [0.15, 0.2) is 0 Å². The normalized spacial score (nSPS) is 23.8. The van der Waals surface area contributed by atoms with Gasteiger partial charge >= 0.3 is 0 Å². The first-order chi connectivity index (χ1) is 9.72. The van der Waals surface area contributed by atoms with Crippen molar-refractivity contribution in [1.29, 1.82) is 0 Å². The molecular weight excluding hydrogens is 248 g/mol. The van der Waals surface area contributed by atoms with Crippen LogP contribution in [0.15, 0.2) is 24.3 Å². The maximum Gasteiger partial charge on any atom is 0.119 e. The van der Waals surface area contributed by atoms with E-state index in [4.69, 9.17) is 4.74 Å². The Morgan fingerprint density at radius 3 is 2.95 bits per heavy atom. The van der Waals surface area contributed by atoms with Crippen molar-refractivity contribution >= 4 is 0 Å². The highest BCUT2D eigenvalue weighted by Gasteiger charge is 2.24. The van der Waals surface area contributed by atoms with Crippen molar-refractivity contribution in [2.24, 2.45) is 0 Å². The van der Waals surface area contributed by atoms with E-state index >= 15 is 0 Å². The first-order valence-corrected chi connectivity index (χ1v) is 7.83. The summed E-state index contributed by atoms with van der Waals surface area (Å²) in [6, 6.07) is 9.82. The predicted molar refractivity (Wildman–Crippen MR) is 84.4 cm³/mol. The van der Waals surface area contributed by atoms with Gasteiger partial charge in [-0.2, -0.15) is 0 Å². The van der Waals surface area contributed by atoms with E-state index < -0.39 is 0 Å². The number of likely N-dealkylation sites (tertiary alicyclic amines) is 1. The Balaban J connectivity index is 1.82. The van der Waals surface area contributed by atoms with E-state index in [1.54, 1.807) is 7.11 Å². The average Bonchev–Trinajstić information content (AvgIpc) is 2.47. The summed E-state index contributed by atoms with van der Waals surface area (Å²) in [6.45, 7) is 7.99. The molecule has 0 amide bonds. The SMILES string of the molecule is CCNC1CCN(CCc2cccc(OC)c2)C(C)C1. The van der Waals surface area contributed by atoms with Crippen LogP contribution in [0.2, 0.25) is 0 Å². The van der Waals surface area contributed by atoms with Crippen molar-refractivity contribution in [2.45, 2.75) is 45.2 Å². The molecular formula is C17H28N2O. The van der Waals surface area contributed by atoms with Gasteiger partial charge in [-0.1, -0.05) is 19.1 Å². The minimum Gasteiger partial charge on any atom is -0.497 e. The first-order valence-electron chi connectivity index (χ1n) is 7.83. The van der Waals surface area contributed by atoms with E-state index in [0.29, 0.717) is 12.1 Å². The van der Waals surface area contributed by atoms with E-state index in [-0.39, 0.29) is 0 Å². The molecule has 1 heterocycles. The van der Waals surface area contributed by atoms with Crippen LogP contribution >= 0.6 is 0 Å². The second-order valence-electron chi connectivity index (χ2n) is 5.77. The molecule has 0 aromatic heterocycles. The fourth-order valence-electron chi connectivity index (χ4n) is 3.13. The third kappa shape index (κ3) is 4.22. The van der Waals surface area contributed by atoms with Crippen molar-refractivity contribution in [3.8, 4) is 5.75 Å². The van der Waals surface area contributed by atoms with Gasteiger partial charge < -0.3 is 15.0 Å². The molecule has 2 rings (SSSR count). The Labute approximate surface area is 123 Å². The zero-order valence-corrected chi connectivity index (χ0v) is 13.1. The molecule has 1 saturated heterocycles. The average molecular weight is 276 g/mol. The number of methoxy groups -OCH3 is 1. The fourth-order valence-corrected chi connectivity index (χ4v) is 3.13. The number of nitrogens with one attached hydrogen (secondary N) is 1. The summed E-state index contributed by atoms with van der Waals surface area (Å²) in [5.41, 5.74) is 1.37. The number of benzene rings is 1. The Bertz CT molecular complexity index is 408. The van der Waals surface area contributed by atoms with Gasteiger partial charge in [0.1, 0.15) is 5.75 Å². The van der Waals surface area contributed by atoms with E-state index in [9.17, 15) is 0 Å². The van der Waals surface area contributed by atoms with Crippen molar-refractivity contribution < 1.29 is 4.74 Å². The standard InChI is InChI=1S/C17H28N2O/c1-4-18-16-9-11-19(14(2)12-16)10-8-15-6-5-7-17(13-15)20-3/h5-7,13-14,16,18H,4,8-12H2,1-3H3. The summed E-state index contributed by atoms with van der Waals surface area (Å²) in [4.78, 5) is 2.62. The lowest BCUT2D eigenvalue weighted by Gasteiger charge is -2.38. The number of rotatable bonds is 6. The molecule has 0 bridgehead atoms. The van der Waals surface area contributed by atoms with Gasteiger partial charge in [-0.25, -0.2) is 0 Å². The van der Waals surface area contributed by atoms with E-state index in [2.05, 4.69) is 42.3 Å². The quantitative estimate of drug-likeness (QED) is 0.864. The lowest BCUT2D eigenvalue weighted by Crippen LogP contribution is -2.47. The molecule has 1 aromatic carbocycles. The Morgan fingerprint density at radius 1 is 1.40 bits per heavy atom. The van der Waals surface area contributed by atoms with Crippen LogP contribution < -0.4 is 10.1 Å². The summed E-state index contributed by atoms with van der Waals surface area (Å²) in [7, 11) is 1.73. The molecule has 0 radical (unpaired) electrons. The van der Waals surface area contributed by atoms with Crippen molar-refractivity contribution in [3.05, 3.63) is 29.8 Å². The molecule has 20 heavy (non-hydrogen) atoms. The number of piperidine rings is 1. The third-order valence-electron chi connectivity index (χ3n) is 4.33. The topological polar surface area (TPSA) is 24.5 Å². The summed E-state index contributed by atoms with van der Waals surface area (Å²) < 4.78 is 5.29. The maximum atomic E-state index is 5.29. The molecule has 2 atom stereocenters. The van der Waals surface area contributed by atoms with Crippen LogP contribution in [0.4, 0.5) is 0 Å². The van der Waals surface area contributed by atoms with Crippen LogP contribution in [-0.4, -0.2) is 43.7 Å². The van der Waals surface area contributed by atoms with Crippen LogP contribution in [-0.2, 0) is 6.42 Å². The molecule has 112 valence electrons. The highest BCUT2D eigenvalue weighted by atomic mass is 16.5. The lowest BCUT2D eigenvalue weighted by atomic mass is 9.97.